The van der Waals surface area contributed by atoms with Gasteiger partial charge in [-0.1, -0.05) is 42.3 Å². The third kappa shape index (κ3) is 5.65. The summed E-state index contributed by atoms with van der Waals surface area (Å²) in [5.74, 6) is 0.422. The molecular weight excluding hydrogens is 477 g/mol. The molecular formula is C24H29Cl2N5O3. The molecule has 8 nitrogen and oxygen atoms in total. The number of rotatable bonds is 4. The molecule has 182 valence electrons. The average molecular weight is 506 g/mol. The van der Waals surface area contributed by atoms with Gasteiger partial charge in [0.15, 0.2) is 5.69 Å². The molecule has 1 amide bonds. The number of nitrogens with zero attached hydrogens (tertiary/aromatic N) is 4. The van der Waals surface area contributed by atoms with E-state index in [1.165, 1.54) is 4.57 Å². The molecule has 1 aliphatic heterocycles. The minimum Gasteiger partial charge on any atom is -0.444 e. The molecule has 0 bridgehead atoms. The van der Waals surface area contributed by atoms with Crippen LogP contribution in [-0.4, -0.2) is 40.9 Å². The largest absolute Gasteiger partial charge is 0.444 e. The third-order valence-corrected chi connectivity index (χ3v) is 6.72. The Morgan fingerprint density at radius 3 is 2.53 bits per heavy atom. The van der Waals surface area contributed by atoms with Crippen molar-refractivity contribution in [2.24, 2.45) is 12.5 Å². The van der Waals surface area contributed by atoms with E-state index in [4.69, 9.17) is 27.9 Å². The van der Waals surface area contributed by atoms with Gasteiger partial charge in [0.25, 0.3) is 5.56 Å². The number of nitriles is 1. The van der Waals surface area contributed by atoms with Crippen molar-refractivity contribution in [3.8, 4) is 17.2 Å². The zero-order valence-electron chi connectivity index (χ0n) is 20.0. The van der Waals surface area contributed by atoms with Gasteiger partial charge in [-0.15, -0.1) is 0 Å². The number of hydrogen-bond donors (Lipinski definition) is 1. The quantitative estimate of drug-likeness (QED) is 0.642. The van der Waals surface area contributed by atoms with E-state index < -0.39 is 11.7 Å². The van der Waals surface area contributed by atoms with Crippen LogP contribution in [-0.2, 0) is 11.8 Å². The molecule has 0 saturated carbocycles. The Bertz CT molecular complexity index is 1190. The third-order valence-electron chi connectivity index (χ3n) is 5.91. The van der Waals surface area contributed by atoms with Crippen molar-refractivity contribution in [2.45, 2.75) is 46.1 Å². The summed E-state index contributed by atoms with van der Waals surface area (Å²) in [7, 11) is 1.63. The molecule has 2 aromatic rings. The number of alkyl carbamates (subject to hydrolysis) is 1. The van der Waals surface area contributed by atoms with E-state index in [1.54, 1.807) is 25.2 Å². The van der Waals surface area contributed by atoms with Gasteiger partial charge < -0.3 is 15.0 Å². The number of aromatic nitrogens is 2. The zero-order chi connectivity index (χ0) is 25.3. The monoisotopic (exact) mass is 505 g/mol. The van der Waals surface area contributed by atoms with Crippen LogP contribution in [0.25, 0.3) is 11.1 Å². The van der Waals surface area contributed by atoms with E-state index in [0.29, 0.717) is 36.2 Å². The molecule has 34 heavy (non-hydrogen) atoms. The van der Waals surface area contributed by atoms with Crippen LogP contribution >= 0.6 is 23.2 Å². The highest BCUT2D eigenvalue weighted by Gasteiger charge is 2.33. The van der Waals surface area contributed by atoms with Crippen molar-refractivity contribution in [3.05, 3.63) is 44.3 Å². The summed E-state index contributed by atoms with van der Waals surface area (Å²) in [6.07, 6.45) is 1.10. The normalized spacial score (nSPS) is 15.5. The topological polar surface area (TPSA) is 100 Å². The lowest BCUT2D eigenvalue weighted by Gasteiger charge is -2.40. The maximum atomic E-state index is 13.3. The van der Waals surface area contributed by atoms with Crippen molar-refractivity contribution in [3.63, 3.8) is 0 Å². The van der Waals surface area contributed by atoms with E-state index >= 15 is 0 Å². The van der Waals surface area contributed by atoms with Crippen LogP contribution in [0.5, 0.6) is 0 Å². The molecule has 0 aliphatic carbocycles. The van der Waals surface area contributed by atoms with Crippen LogP contribution in [0.1, 0.15) is 46.2 Å². The molecule has 0 unspecified atom stereocenters. The first kappa shape index (κ1) is 25.9. The molecule has 1 aromatic carbocycles. The average Bonchev–Trinajstić information content (AvgIpc) is 2.76. The number of amides is 1. The van der Waals surface area contributed by atoms with E-state index in [0.717, 1.165) is 12.8 Å². The van der Waals surface area contributed by atoms with Gasteiger partial charge in [-0.2, -0.15) is 5.26 Å². The van der Waals surface area contributed by atoms with Gasteiger partial charge in [-0.3, -0.25) is 9.36 Å². The SMILES string of the molecule is Cn1c(N2CCC(C)(CNC(=O)OC(C)(C)C)CC2)nc(C#N)c(-c2cccc(Cl)c2Cl)c1=O. The Morgan fingerprint density at radius 2 is 1.94 bits per heavy atom. The summed E-state index contributed by atoms with van der Waals surface area (Å²) in [6, 6.07) is 6.99. The number of hydrogen-bond acceptors (Lipinski definition) is 6. The lowest BCUT2D eigenvalue weighted by Crippen LogP contribution is -2.47. The second-order valence-corrected chi connectivity index (χ2v) is 10.7. The molecule has 0 spiro atoms. The number of ether oxygens (including phenoxy) is 1. The summed E-state index contributed by atoms with van der Waals surface area (Å²) in [5, 5.41) is 13.1. The standard InChI is InChI=1S/C24H29Cl2N5O3/c1-23(2,3)34-22(33)28-14-24(4)9-11-31(12-10-24)21-29-17(13-27)18(20(32)30(21)5)15-7-6-8-16(25)19(15)26/h6-8H,9-12,14H2,1-5H3,(H,28,33). The Balaban J connectivity index is 1.80. The minimum absolute atomic E-state index is 0.00203. The highest BCUT2D eigenvalue weighted by Crippen LogP contribution is 2.35. The first-order valence-electron chi connectivity index (χ1n) is 11.0. The van der Waals surface area contributed by atoms with Gasteiger partial charge >= 0.3 is 6.09 Å². The fourth-order valence-corrected chi connectivity index (χ4v) is 4.31. The molecule has 10 heteroatoms. The molecule has 2 heterocycles. The predicted octanol–water partition coefficient (Wildman–Crippen LogP) is 4.76. The van der Waals surface area contributed by atoms with Gasteiger partial charge in [0, 0.05) is 32.2 Å². The Kier molecular flexibility index (Phi) is 7.49. The Morgan fingerprint density at radius 1 is 1.29 bits per heavy atom. The number of anilines is 1. The maximum absolute atomic E-state index is 13.3. The van der Waals surface area contributed by atoms with Crippen LogP contribution < -0.4 is 15.8 Å². The van der Waals surface area contributed by atoms with Crippen LogP contribution in [0.4, 0.5) is 10.7 Å². The number of carbonyl (C=O) groups is 1. The van der Waals surface area contributed by atoms with E-state index in [1.807, 2.05) is 31.7 Å². The predicted molar refractivity (Wildman–Crippen MR) is 133 cm³/mol. The fraction of sp³-hybridized carbons (Fsp3) is 0.500. The molecule has 1 N–H and O–H groups in total. The molecule has 1 aliphatic rings. The summed E-state index contributed by atoms with van der Waals surface area (Å²) >= 11 is 12.4. The van der Waals surface area contributed by atoms with Gasteiger partial charge in [0.1, 0.15) is 11.7 Å². The second kappa shape index (κ2) is 9.85. The summed E-state index contributed by atoms with van der Waals surface area (Å²) in [4.78, 5) is 31.8. The number of piperidine rings is 1. The van der Waals surface area contributed by atoms with Gasteiger partial charge in [-0.05, 0) is 45.1 Å². The number of benzene rings is 1. The Hall–Kier alpha value is -2.76. The first-order chi connectivity index (χ1) is 15.8. The molecule has 0 atom stereocenters. The van der Waals surface area contributed by atoms with E-state index in [2.05, 4.69) is 17.2 Å². The van der Waals surface area contributed by atoms with Crippen LogP contribution in [0, 0.1) is 16.7 Å². The fourth-order valence-electron chi connectivity index (χ4n) is 3.92. The lowest BCUT2D eigenvalue weighted by molar-refractivity contribution is 0.0495. The van der Waals surface area contributed by atoms with Crippen molar-refractivity contribution < 1.29 is 9.53 Å². The highest BCUT2D eigenvalue weighted by atomic mass is 35.5. The smallest absolute Gasteiger partial charge is 0.407 e. The van der Waals surface area contributed by atoms with Crippen molar-refractivity contribution >= 4 is 35.2 Å². The summed E-state index contributed by atoms with van der Waals surface area (Å²) in [5.41, 5.74) is -0.536. The van der Waals surface area contributed by atoms with Crippen molar-refractivity contribution in [2.75, 3.05) is 24.5 Å². The minimum atomic E-state index is -0.551. The van der Waals surface area contributed by atoms with Gasteiger partial charge in [0.2, 0.25) is 5.95 Å². The van der Waals surface area contributed by atoms with Crippen molar-refractivity contribution in [1.82, 2.24) is 14.9 Å². The van der Waals surface area contributed by atoms with Crippen LogP contribution in [0.3, 0.4) is 0 Å². The molecule has 1 fully saturated rings. The van der Waals surface area contributed by atoms with Crippen LogP contribution in [0.15, 0.2) is 23.0 Å². The lowest BCUT2D eigenvalue weighted by atomic mass is 9.80. The molecule has 1 aromatic heterocycles. The van der Waals surface area contributed by atoms with E-state index in [9.17, 15) is 14.9 Å². The number of carbonyl (C=O) groups excluding carboxylic acids is 1. The number of nitrogens with one attached hydrogen (secondary N) is 1. The van der Waals surface area contributed by atoms with Crippen LogP contribution in [0.2, 0.25) is 10.0 Å². The van der Waals surface area contributed by atoms with Gasteiger partial charge in [0.05, 0.1) is 15.6 Å². The molecule has 3 rings (SSSR count). The number of halogens is 2. The maximum Gasteiger partial charge on any atom is 0.407 e. The summed E-state index contributed by atoms with van der Waals surface area (Å²) < 4.78 is 6.76. The molecule has 0 radical (unpaired) electrons. The first-order valence-corrected chi connectivity index (χ1v) is 11.8. The zero-order valence-corrected chi connectivity index (χ0v) is 21.5. The van der Waals surface area contributed by atoms with Gasteiger partial charge in [-0.25, -0.2) is 9.78 Å². The van der Waals surface area contributed by atoms with E-state index in [-0.39, 0.29) is 27.3 Å². The van der Waals surface area contributed by atoms with Crippen molar-refractivity contribution in [1.29, 1.82) is 5.26 Å². The molecule has 1 saturated heterocycles. The second-order valence-electron chi connectivity index (χ2n) is 9.87. The summed E-state index contributed by atoms with van der Waals surface area (Å²) in [6.45, 7) is 9.31. The Labute approximate surface area is 209 Å². The highest BCUT2D eigenvalue weighted by molar-refractivity contribution is 6.43.